The first-order chi connectivity index (χ1) is 8.04. The standard InChI is InChI=1S/C12H16BrNO2S/c1-3-17-7-8(2)14-11-5-4-9(12(15)16)6-10(11)13/h4-6,8,14H,3,7H2,1-2H3,(H,15,16). The summed E-state index contributed by atoms with van der Waals surface area (Å²) in [5, 5.41) is 12.2. The highest BCUT2D eigenvalue weighted by Crippen LogP contribution is 2.24. The number of hydrogen-bond donors (Lipinski definition) is 2. The van der Waals surface area contributed by atoms with Crippen LogP contribution in [0.3, 0.4) is 0 Å². The van der Waals surface area contributed by atoms with Crippen molar-refractivity contribution >= 4 is 39.3 Å². The van der Waals surface area contributed by atoms with Gasteiger partial charge in [0.25, 0.3) is 0 Å². The van der Waals surface area contributed by atoms with Gasteiger partial charge in [0.05, 0.1) is 5.56 Å². The summed E-state index contributed by atoms with van der Waals surface area (Å²) in [6.45, 7) is 4.25. The molecule has 0 radical (unpaired) electrons. The number of carboxylic acid groups (broad SMARTS) is 1. The summed E-state index contributed by atoms with van der Waals surface area (Å²) in [6.07, 6.45) is 0. The molecule has 0 saturated carbocycles. The SMILES string of the molecule is CCSCC(C)Nc1ccc(C(=O)O)cc1Br. The van der Waals surface area contributed by atoms with Crippen molar-refractivity contribution in [3.63, 3.8) is 0 Å². The highest BCUT2D eigenvalue weighted by Gasteiger charge is 2.08. The number of rotatable bonds is 6. The van der Waals surface area contributed by atoms with Crippen molar-refractivity contribution < 1.29 is 9.90 Å². The molecule has 1 rings (SSSR count). The van der Waals surface area contributed by atoms with Crippen molar-refractivity contribution in [2.75, 3.05) is 16.8 Å². The van der Waals surface area contributed by atoms with E-state index in [9.17, 15) is 4.79 Å². The Kier molecular flexibility index (Phi) is 5.85. The molecule has 94 valence electrons. The lowest BCUT2D eigenvalue weighted by atomic mass is 10.2. The van der Waals surface area contributed by atoms with E-state index in [1.165, 1.54) is 0 Å². The Morgan fingerprint density at radius 2 is 2.29 bits per heavy atom. The smallest absolute Gasteiger partial charge is 0.335 e. The maximum atomic E-state index is 10.8. The Hall–Kier alpha value is -0.680. The molecule has 0 aliphatic heterocycles. The molecule has 1 aromatic rings. The summed E-state index contributed by atoms with van der Waals surface area (Å²) in [4.78, 5) is 10.8. The second-order valence-electron chi connectivity index (χ2n) is 3.70. The molecule has 0 aromatic heterocycles. The second-order valence-corrected chi connectivity index (χ2v) is 5.88. The molecule has 1 unspecified atom stereocenters. The van der Waals surface area contributed by atoms with E-state index in [-0.39, 0.29) is 5.56 Å². The summed E-state index contributed by atoms with van der Waals surface area (Å²) in [6, 6.07) is 5.37. The Bertz CT molecular complexity index is 398. The van der Waals surface area contributed by atoms with Gasteiger partial charge in [-0.1, -0.05) is 6.92 Å². The lowest BCUT2D eigenvalue weighted by Gasteiger charge is -2.16. The zero-order chi connectivity index (χ0) is 12.8. The van der Waals surface area contributed by atoms with Gasteiger partial charge in [0.1, 0.15) is 0 Å². The fraction of sp³-hybridized carbons (Fsp3) is 0.417. The third-order valence-corrected chi connectivity index (χ3v) is 3.99. The molecule has 0 heterocycles. The van der Waals surface area contributed by atoms with Crippen molar-refractivity contribution in [1.29, 1.82) is 0 Å². The molecule has 0 saturated heterocycles. The van der Waals surface area contributed by atoms with Crippen LogP contribution in [0, 0.1) is 0 Å². The average molecular weight is 318 g/mol. The van der Waals surface area contributed by atoms with Gasteiger partial charge in [0.15, 0.2) is 0 Å². The van der Waals surface area contributed by atoms with Crippen LogP contribution >= 0.6 is 27.7 Å². The fourth-order valence-electron chi connectivity index (χ4n) is 1.37. The van der Waals surface area contributed by atoms with Crippen LogP contribution in [0.2, 0.25) is 0 Å². The van der Waals surface area contributed by atoms with E-state index in [1.807, 2.05) is 11.8 Å². The van der Waals surface area contributed by atoms with Gasteiger partial charge in [-0.2, -0.15) is 11.8 Å². The lowest BCUT2D eigenvalue weighted by Crippen LogP contribution is -2.18. The monoisotopic (exact) mass is 317 g/mol. The molecule has 5 heteroatoms. The number of halogens is 1. The fourth-order valence-corrected chi connectivity index (χ4v) is 2.53. The van der Waals surface area contributed by atoms with Gasteiger partial charge in [0, 0.05) is 22.0 Å². The molecule has 0 bridgehead atoms. The predicted octanol–water partition coefficient (Wildman–Crippen LogP) is 3.70. The van der Waals surface area contributed by atoms with Gasteiger partial charge < -0.3 is 10.4 Å². The number of anilines is 1. The minimum Gasteiger partial charge on any atom is -0.478 e. The third-order valence-electron chi connectivity index (χ3n) is 2.19. The normalized spacial score (nSPS) is 12.2. The first-order valence-electron chi connectivity index (χ1n) is 5.41. The number of aromatic carboxylic acids is 1. The van der Waals surface area contributed by atoms with Crippen molar-refractivity contribution in [2.45, 2.75) is 19.9 Å². The van der Waals surface area contributed by atoms with Crippen LogP contribution in [0.4, 0.5) is 5.69 Å². The first kappa shape index (κ1) is 14.4. The van der Waals surface area contributed by atoms with Crippen LogP contribution in [0.15, 0.2) is 22.7 Å². The number of hydrogen-bond acceptors (Lipinski definition) is 3. The van der Waals surface area contributed by atoms with E-state index >= 15 is 0 Å². The highest BCUT2D eigenvalue weighted by atomic mass is 79.9. The van der Waals surface area contributed by atoms with Crippen molar-refractivity contribution in [2.24, 2.45) is 0 Å². The topological polar surface area (TPSA) is 49.3 Å². The molecule has 1 aromatic carbocycles. The van der Waals surface area contributed by atoms with Gasteiger partial charge in [-0.05, 0) is 46.8 Å². The van der Waals surface area contributed by atoms with E-state index in [4.69, 9.17) is 5.11 Å². The maximum Gasteiger partial charge on any atom is 0.335 e. The van der Waals surface area contributed by atoms with Gasteiger partial charge >= 0.3 is 5.97 Å². The molecule has 0 aliphatic carbocycles. The van der Waals surface area contributed by atoms with E-state index in [2.05, 4.69) is 35.1 Å². The van der Waals surface area contributed by atoms with Crippen LogP contribution in [0.1, 0.15) is 24.2 Å². The first-order valence-corrected chi connectivity index (χ1v) is 7.36. The van der Waals surface area contributed by atoms with E-state index < -0.39 is 5.97 Å². The predicted molar refractivity (Wildman–Crippen MR) is 77.2 cm³/mol. The molecule has 0 amide bonds. The third kappa shape index (κ3) is 4.60. The van der Waals surface area contributed by atoms with Gasteiger partial charge in [-0.25, -0.2) is 4.79 Å². The molecular formula is C12H16BrNO2S. The van der Waals surface area contributed by atoms with Crippen molar-refractivity contribution in [1.82, 2.24) is 0 Å². The number of nitrogens with one attached hydrogen (secondary N) is 1. The van der Waals surface area contributed by atoms with Gasteiger partial charge in [0.2, 0.25) is 0 Å². The Labute approximate surface area is 114 Å². The van der Waals surface area contributed by atoms with Crippen LogP contribution in [0.5, 0.6) is 0 Å². The van der Waals surface area contributed by atoms with Crippen LogP contribution < -0.4 is 5.32 Å². The molecule has 1 atom stereocenters. The molecule has 0 spiro atoms. The average Bonchev–Trinajstić information content (AvgIpc) is 2.28. The van der Waals surface area contributed by atoms with Crippen molar-refractivity contribution in [3.05, 3.63) is 28.2 Å². The Balaban J connectivity index is 2.69. The zero-order valence-electron chi connectivity index (χ0n) is 9.87. The molecule has 0 fully saturated rings. The molecule has 0 aliphatic rings. The highest BCUT2D eigenvalue weighted by molar-refractivity contribution is 9.10. The Morgan fingerprint density at radius 3 is 2.82 bits per heavy atom. The van der Waals surface area contributed by atoms with E-state index in [1.54, 1.807) is 18.2 Å². The number of carboxylic acids is 1. The maximum absolute atomic E-state index is 10.8. The summed E-state index contributed by atoms with van der Waals surface area (Å²) < 4.78 is 0.783. The quantitative estimate of drug-likeness (QED) is 0.840. The summed E-state index contributed by atoms with van der Waals surface area (Å²) >= 11 is 5.26. The summed E-state index contributed by atoms with van der Waals surface area (Å²) in [5.74, 6) is 1.22. The van der Waals surface area contributed by atoms with Gasteiger partial charge in [-0.3, -0.25) is 0 Å². The molecule has 17 heavy (non-hydrogen) atoms. The molecule has 3 nitrogen and oxygen atoms in total. The van der Waals surface area contributed by atoms with Gasteiger partial charge in [-0.15, -0.1) is 0 Å². The number of thioether (sulfide) groups is 1. The summed E-state index contributed by atoms with van der Waals surface area (Å²) in [5.41, 5.74) is 1.22. The van der Waals surface area contributed by atoms with Crippen LogP contribution in [0.25, 0.3) is 0 Å². The number of carbonyl (C=O) groups is 1. The van der Waals surface area contributed by atoms with Crippen LogP contribution in [-0.4, -0.2) is 28.6 Å². The minimum absolute atomic E-state index is 0.290. The van der Waals surface area contributed by atoms with Crippen LogP contribution in [-0.2, 0) is 0 Å². The largest absolute Gasteiger partial charge is 0.478 e. The van der Waals surface area contributed by atoms with Crippen molar-refractivity contribution in [3.8, 4) is 0 Å². The van der Waals surface area contributed by atoms with E-state index in [0.717, 1.165) is 21.7 Å². The Morgan fingerprint density at radius 1 is 1.59 bits per heavy atom. The molecule has 2 N–H and O–H groups in total. The summed E-state index contributed by atoms with van der Waals surface area (Å²) in [7, 11) is 0. The van der Waals surface area contributed by atoms with E-state index in [0.29, 0.717) is 6.04 Å². The number of benzene rings is 1. The minimum atomic E-state index is -0.910. The second kappa shape index (κ2) is 6.91. The lowest BCUT2D eigenvalue weighted by molar-refractivity contribution is 0.0697. The molecular weight excluding hydrogens is 302 g/mol. The zero-order valence-corrected chi connectivity index (χ0v) is 12.3.